The van der Waals surface area contributed by atoms with Gasteiger partial charge in [-0.15, -0.1) is 0 Å². The first-order valence-electron chi connectivity index (χ1n) is 6.78. The molecule has 1 fully saturated rings. The van der Waals surface area contributed by atoms with Gasteiger partial charge in [0.25, 0.3) is 0 Å². The van der Waals surface area contributed by atoms with Crippen LogP contribution in [-0.4, -0.2) is 35.7 Å². The van der Waals surface area contributed by atoms with Gasteiger partial charge < -0.3 is 14.9 Å². The van der Waals surface area contributed by atoms with Crippen molar-refractivity contribution >= 4 is 12.6 Å². The number of rotatable bonds is 5. The molecule has 0 atom stereocenters. The summed E-state index contributed by atoms with van der Waals surface area (Å²) in [6.07, 6.45) is 5.48. The van der Waals surface area contributed by atoms with Crippen LogP contribution < -0.4 is 5.46 Å². The second-order valence-electron chi connectivity index (χ2n) is 5.47. The van der Waals surface area contributed by atoms with Crippen molar-refractivity contribution in [3.63, 3.8) is 0 Å². The molecule has 2 N–H and O–H groups in total. The first-order chi connectivity index (χ1) is 8.65. The average Bonchev–Trinajstić information content (AvgIpc) is 2.82. The molecule has 0 unspecified atom stereocenters. The van der Waals surface area contributed by atoms with Gasteiger partial charge in [-0.2, -0.15) is 0 Å². The van der Waals surface area contributed by atoms with E-state index >= 15 is 0 Å². The summed E-state index contributed by atoms with van der Waals surface area (Å²) in [5.74, 6) is 0.849. The highest BCUT2D eigenvalue weighted by Crippen LogP contribution is 2.25. The van der Waals surface area contributed by atoms with E-state index in [9.17, 15) is 0 Å². The quantitative estimate of drug-likeness (QED) is 0.762. The van der Waals surface area contributed by atoms with Gasteiger partial charge in [0.05, 0.1) is 0 Å². The lowest BCUT2D eigenvalue weighted by molar-refractivity contribution is 0.271. The van der Waals surface area contributed by atoms with Gasteiger partial charge in [0, 0.05) is 13.1 Å². The molecule has 0 saturated heterocycles. The number of hydrogen-bond acceptors (Lipinski definition) is 3. The van der Waals surface area contributed by atoms with E-state index < -0.39 is 7.12 Å². The molecule has 1 saturated carbocycles. The van der Waals surface area contributed by atoms with E-state index in [1.54, 1.807) is 6.07 Å². The molecule has 2 rings (SSSR count). The average molecular weight is 247 g/mol. The molecule has 18 heavy (non-hydrogen) atoms. The highest BCUT2D eigenvalue weighted by molar-refractivity contribution is 6.58. The van der Waals surface area contributed by atoms with Crippen LogP contribution >= 0.6 is 0 Å². The Bertz CT molecular complexity index is 378. The molecule has 1 aliphatic rings. The van der Waals surface area contributed by atoms with Gasteiger partial charge in [-0.1, -0.05) is 37.1 Å². The molecule has 1 aromatic rings. The molecule has 0 aromatic heterocycles. The van der Waals surface area contributed by atoms with E-state index in [4.69, 9.17) is 10.0 Å². The van der Waals surface area contributed by atoms with Crippen molar-refractivity contribution in [1.82, 2.24) is 4.90 Å². The molecular formula is C14H22BNO2. The molecule has 0 aliphatic heterocycles. The maximum Gasteiger partial charge on any atom is 0.488 e. The van der Waals surface area contributed by atoms with Crippen LogP contribution in [0.3, 0.4) is 0 Å². The van der Waals surface area contributed by atoms with Crippen LogP contribution in [0.25, 0.3) is 0 Å². The number of hydrogen-bond donors (Lipinski definition) is 2. The van der Waals surface area contributed by atoms with Gasteiger partial charge in [0.15, 0.2) is 0 Å². The van der Waals surface area contributed by atoms with Crippen molar-refractivity contribution in [2.75, 3.05) is 13.6 Å². The second-order valence-corrected chi connectivity index (χ2v) is 5.47. The standard InChI is InChI=1S/C14H22BNO2/c1-16(10-12-5-2-3-6-12)11-13-7-4-8-14(9-13)15(17)18/h4,7-9,12,17-18H,2-3,5-6,10-11H2,1H3. The third-order valence-corrected chi connectivity index (χ3v) is 3.75. The topological polar surface area (TPSA) is 43.7 Å². The predicted molar refractivity (Wildman–Crippen MR) is 74.6 cm³/mol. The Morgan fingerprint density at radius 2 is 2.00 bits per heavy atom. The van der Waals surface area contributed by atoms with Gasteiger partial charge >= 0.3 is 7.12 Å². The largest absolute Gasteiger partial charge is 0.488 e. The van der Waals surface area contributed by atoms with Crippen LogP contribution in [0.2, 0.25) is 0 Å². The number of benzene rings is 1. The van der Waals surface area contributed by atoms with E-state index in [2.05, 4.69) is 11.9 Å². The summed E-state index contributed by atoms with van der Waals surface area (Å²) in [7, 11) is 0.769. The normalized spacial score (nSPS) is 16.4. The molecule has 3 nitrogen and oxygen atoms in total. The fraction of sp³-hybridized carbons (Fsp3) is 0.571. The summed E-state index contributed by atoms with van der Waals surface area (Å²) in [6.45, 7) is 2.02. The van der Waals surface area contributed by atoms with Crippen LogP contribution in [0, 0.1) is 5.92 Å². The minimum atomic E-state index is -1.37. The first-order valence-corrected chi connectivity index (χ1v) is 6.78. The van der Waals surface area contributed by atoms with E-state index in [1.165, 1.54) is 25.7 Å². The van der Waals surface area contributed by atoms with Crippen molar-refractivity contribution in [2.24, 2.45) is 5.92 Å². The highest BCUT2D eigenvalue weighted by atomic mass is 16.4. The lowest BCUT2D eigenvalue weighted by atomic mass is 9.79. The summed E-state index contributed by atoms with van der Waals surface area (Å²) in [6, 6.07) is 7.53. The maximum atomic E-state index is 9.15. The molecule has 4 heteroatoms. The Morgan fingerprint density at radius 3 is 2.67 bits per heavy atom. The second kappa shape index (κ2) is 6.37. The molecule has 0 radical (unpaired) electrons. The van der Waals surface area contributed by atoms with Crippen LogP contribution in [0.4, 0.5) is 0 Å². The molecule has 0 spiro atoms. The van der Waals surface area contributed by atoms with Gasteiger partial charge in [-0.3, -0.25) is 0 Å². The maximum absolute atomic E-state index is 9.15. The zero-order valence-corrected chi connectivity index (χ0v) is 11.0. The first kappa shape index (κ1) is 13.6. The van der Waals surface area contributed by atoms with Crippen molar-refractivity contribution < 1.29 is 10.0 Å². The SMILES string of the molecule is CN(Cc1cccc(B(O)O)c1)CC1CCCC1. The van der Waals surface area contributed by atoms with Crippen molar-refractivity contribution in [3.8, 4) is 0 Å². The predicted octanol–water partition coefficient (Wildman–Crippen LogP) is 0.988. The van der Waals surface area contributed by atoms with Crippen LogP contribution in [0.5, 0.6) is 0 Å². The highest BCUT2D eigenvalue weighted by Gasteiger charge is 2.17. The Hall–Kier alpha value is -0.835. The zero-order valence-electron chi connectivity index (χ0n) is 11.0. The Labute approximate surface area is 110 Å². The summed E-state index contributed by atoms with van der Waals surface area (Å²) < 4.78 is 0. The van der Waals surface area contributed by atoms with Gasteiger partial charge in [-0.05, 0) is 36.8 Å². The van der Waals surface area contributed by atoms with Gasteiger partial charge in [0.2, 0.25) is 0 Å². The van der Waals surface area contributed by atoms with Crippen molar-refractivity contribution in [1.29, 1.82) is 0 Å². The lowest BCUT2D eigenvalue weighted by Crippen LogP contribution is -2.31. The fourth-order valence-electron chi connectivity index (χ4n) is 2.86. The summed E-state index contributed by atoms with van der Waals surface area (Å²) in [5.41, 5.74) is 1.71. The number of nitrogens with zero attached hydrogens (tertiary/aromatic N) is 1. The summed E-state index contributed by atoms with van der Waals surface area (Å²) in [5, 5.41) is 18.3. The smallest absolute Gasteiger partial charge is 0.423 e. The summed E-state index contributed by atoms with van der Waals surface area (Å²) >= 11 is 0. The third-order valence-electron chi connectivity index (χ3n) is 3.75. The minimum Gasteiger partial charge on any atom is -0.423 e. The van der Waals surface area contributed by atoms with E-state index in [1.807, 2.05) is 18.2 Å². The van der Waals surface area contributed by atoms with Crippen molar-refractivity contribution in [2.45, 2.75) is 32.2 Å². The molecule has 0 bridgehead atoms. The van der Waals surface area contributed by atoms with E-state index in [0.717, 1.165) is 24.6 Å². The zero-order chi connectivity index (χ0) is 13.0. The molecule has 98 valence electrons. The van der Waals surface area contributed by atoms with Crippen LogP contribution in [0.1, 0.15) is 31.2 Å². The Kier molecular flexibility index (Phi) is 4.81. The monoisotopic (exact) mass is 247 g/mol. The fourth-order valence-corrected chi connectivity index (χ4v) is 2.86. The molecule has 1 aromatic carbocycles. The summed E-state index contributed by atoms with van der Waals surface area (Å²) in [4.78, 5) is 2.33. The molecule has 0 heterocycles. The van der Waals surface area contributed by atoms with Crippen LogP contribution in [-0.2, 0) is 6.54 Å². The molecule has 1 aliphatic carbocycles. The lowest BCUT2D eigenvalue weighted by Gasteiger charge is -2.21. The van der Waals surface area contributed by atoms with E-state index in [0.29, 0.717) is 5.46 Å². The molecule has 0 amide bonds. The van der Waals surface area contributed by atoms with Gasteiger partial charge in [0.1, 0.15) is 0 Å². The third kappa shape index (κ3) is 3.84. The van der Waals surface area contributed by atoms with Crippen molar-refractivity contribution in [3.05, 3.63) is 29.8 Å². The van der Waals surface area contributed by atoms with Gasteiger partial charge in [-0.25, -0.2) is 0 Å². The van der Waals surface area contributed by atoms with E-state index in [-0.39, 0.29) is 0 Å². The minimum absolute atomic E-state index is 0.571. The molecular weight excluding hydrogens is 225 g/mol. The Morgan fingerprint density at radius 1 is 1.28 bits per heavy atom. The van der Waals surface area contributed by atoms with Crippen LogP contribution in [0.15, 0.2) is 24.3 Å². The Balaban J connectivity index is 1.89.